The molecule has 0 aliphatic heterocycles. The molecule has 1 amide bonds. The minimum Gasteiger partial charge on any atom is -0.496 e. The van der Waals surface area contributed by atoms with E-state index < -0.39 is 0 Å². The molecule has 0 fully saturated rings. The zero-order valence-electron chi connectivity index (χ0n) is 12.5. The van der Waals surface area contributed by atoms with E-state index in [9.17, 15) is 4.79 Å². The minimum atomic E-state index is -0.140. The topological polar surface area (TPSA) is 50.4 Å². The van der Waals surface area contributed by atoms with Crippen molar-refractivity contribution in [1.82, 2.24) is 5.32 Å². The molecule has 2 N–H and O–H groups in total. The first-order valence-electron chi connectivity index (χ1n) is 6.88. The maximum Gasteiger partial charge on any atom is 0.253 e. The van der Waals surface area contributed by atoms with Crippen LogP contribution in [0.1, 0.15) is 28.9 Å². The third-order valence-corrected chi connectivity index (χ3v) is 3.39. The van der Waals surface area contributed by atoms with Gasteiger partial charge in [-0.3, -0.25) is 4.79 Å². The molecule has 1 atom stereocenters. The van der Waals surface area contributed by atoms with Crippen LogP contribution in [0, 0.1) is 0 Å². The number of benzene rings is 2. The standard InChI is InChI=1S/C17H20N2O2/c1-12(13-8-5-7-11-16(13)21-3)19-17(20)14-9-4-6-10-15(14)18-2/h4-12,18H,1-3H3,(H,19,20)/t12-/m0/s1. The minimum absolute atomic E-state index is 0.113. The first-order valence-corrected chi connectivity index (χ1v) is 6.88. The largest absolute Gasteiger partial charge is 0.496 e. The lowest BCUT2D eigenvalue weighted by molar-refractivity contribution is 0.0940. The van der Waals surface area contributed by atoms with Crippen LogP contribution in [0.4, 0.5) is 5.69 Å². The molecular weight excluding hydrogens is 264 g/mol. The SMILES string of the molecule is CNc1ccccc1C(=O)N[C@@H](C)c1ccccc1OC. The highest BCUT2D eigenvalue weighted by molar-refractivity contribution is 5.99. The second kappa shape index (κ2) is 6.79. The normalized spacial score (nSPS) is 11.6. The van der Waals surface area contributed by atoms with Gasteiger partial charge in [0.25, 0.3) is 5.91 Å². The average molecular weight is 284 g/mol. The van der Waals surface area contributed by atoms with Crippen LogP contribution in [-0.2, 0) is 0 Å². The summed E-state index contributed by atoms with van der Waals surface area (Å²) < 4.78 is 5.33. The molecule has 21 heavy (non-hydrogen) atoms. The van der Waals surface area contributed by atoms with Crippen molar-refractivity contribution in [2.75, 3.05) is 19.5 Å². The fourth-order valence-corrected chi connectivity index (χ4v) is 2.28. The van der Waals surface area contributed by atoms with Gasteiger partial charge in [-0.1, -0.05) is 30.3 Å². The van der Waals surface area contributed by atoms with Gasteiger partial charge >= 0.3 is 0 Å². The Morgan fingerprint density at radius 3 is 2.48 bits per heavy atom. The van der Waals surface area contributed by atoms with E-state index in [1.54, 1.807) is 20.2 Å². The maximum absolute atomic E-state index is 12.4. The van der Waals surface area contributed by atoms with Crippen molar-refractivity contribution in [2.45, 2.75) is 13.0 Å². The van der Waals surface area contributed by atoms with Crippen molar-refractivity contribution >= 4 is 11.6 Å². The first-order chi connectivity index (χ1) is 10.2. The summed E-state index contributed by atoms with van der Waals surface area (Å²) in [7, 11) is 3.43. The Balaban J connectivity index is 2.19. The summed E-state index contributed by atoms with van der Waals surface area (Å²) in [6.07, 6.45) is 0. The van der Waals surface area contributed by atoms with E-state index in [1.807, 2.05) is 49.4 Å². The third-order valence-electron chi connectivity index (χ3n) is 3.39. The number of hydrogen-bond acceptors (Lipinski definition) is 3. The number of methoxy groups -OCH3 is 1. The monoisotopic (exact) mass is 284 g/mol. The van der Waals surface area contributed by atoms with Crippen LogP contribution in [0.2, 0.25) is 0 Å². The fraction of sp³-hybridized carbons (Fsp3) is 0.235. The lowest BCUT2D eigenvalue weighted by atomic mass is 10.1. The van der Waals surface area contributed by atoms with Crippen molar-refractivity contribution in [3.05, 3.63) is 59.7 Å². The molecule has 0 radical (unpaired) electrons. The van der Waals surface area contributed by atoms with Crippen molar-refractivity contribution in [1.29, 1.82) is 0 Å². The van der Waals surface area contributed by atoms with Gasteiger partial charge in [0.05, 0.1) is 18.7 Å². The highest BCUT2D eigenvalue weighted by Gasteiger charge is 2.16. The van der Waals surface area contributed by atoms with E-state index in [0.717, 1.165) is 17.0 Å². The summed E-state index contributed by atoms with van der Waals surface area (Å²) in [5, 5.41) is 6.03. The predicted octanol–water partition coefficient (Wildman–Crippen LogP) is 3.23. The Labute approximate surface area is 125 Å². The smallest absolute Gasteiger partial charge is 0.253 e. The molecule has 4 heteroatoms. The molecule has 4 nitrogen and oxygen atoms in total. The number of ether oxygens (including phenoxy) is 1. The molecule has 0 bridgehead atoms. The summed E-state index contributed by atoms with van der Waals surface area (Å²) >= 11 is 0. The van der Waals surface area contributed by atoms with Gasteiger partial charge in [0.15, 0.2) is 0 Å². The molecule has 2 aromatic carbocycles. The Hall–Kier alpha value is -2.49. The molecule has 0 aromatic heterocycles. The molecule has 0 heterocycles. The molecular formula is C17H20N2O2. The zero-order valence-corrected chi connectivity index (χ0v) is 12.5. The van der Waals surface area contributed by atoms with E-state index in [-0.39, 0.29) is 11.9 Å². The fourth-order valence-electron chi connectivity index (χ4n) is 2.28. The van der Waals surface area contributed by atoms with Gasteiger partial charge in [-0.15, -0.1) is 0 Å². The van der Waals surface area contributed by atoms with E-state index in [2.05, 4.69) is 10.6 Å². The summed E-state index contributed by atoms with van der Waals surface area (Å²) in [4.78, 5) is 12.4. The number of hydrogen-bond donors (Lipinski definition) is 2. The molecule has 0 aliphatic rings. The quantitative estimate of drug-likeness (QED) is 0.886. The Kier molecular flexibility index (Phi) is 4.82. The third kappa shape index (κ3) is 3.34. The van der Waals surface area contributed by atoms with Gasteiger partial charge in [0.1, 0.15) is 5.75 Å². The number of amides is 1. The molecule has 0 saturated carbocycles. The van der Waals surface area contributed by atoms with Gasteiger partial charge in [-0.2, -0.15) is 0 Å². The molecule has 2 aromatic rings. The molecule has 0 saturated heterocycles. The van der Waals surface area contributed by atoms with Crippen molar-refractivity contribution in [3.8, 4) is 5.75 Å². The highest BCUT2D eigenvalue weighted by atomic mass is 16.5. The average Bonchev–Trinajstić information content (AvgIpc) is 2.54. The number of anilines is 1. The lowest BCUT2D eigenvalue weighted by Crippen LogP contribution is -2.27. The number of para-hydroxylation sites is 2. The van der Waals surface area contributed by atoms with Crippen LogP contribution in [0.5, 0.6) is 5.75 Å². The van der Waals surface area contributed by atoms with Crippen molar-refractivity contribution in [3.63, 3.8) is 0 Å². The van der Waals surface area contributed by atoms with E-state index in [1.165, 1.54) is 0 Å². The summed E-state index contributed by atoms with van der Waals surface area (Å²) in [5.41, 5.74) is 2.39. The Morgan fingerprint density at radius 1 is 1.10 bits per heavy atom. The lowest BCUT2D eigenvalue weighted by Gasteiger charge is -2.18. The van der Waals surface area contributed by atoms with Crippen LogP contribution in [-0.4, -0.2) is 20.1 Å². The predicted molar refractivity (Wildman–Crippen MR) is 84.9 cm³/mol. The van der Waals surface area contributed by atoms with Crippen LogP contribution < -0.4 is 15.4 Å². The zero-order chi connectivity index (χ0) is 15.2. The summed E-state index contributed by atoms with van der Waals surface area (Å²) in [6.45, 7) is 1.94. The maximum atomic E-state index is 12.4. The second-order valence-electron chi connectivity index (χ2n) is 4.73. The van der Waals surface area contributed by atoms with Crippen LogP contribution in [0.25, 0.3) is 0 Å². The van der Waals surface area contributed by atoms with Gasteiger partial charge < -0.3 is 15.4 Å². The van der Waals surface area contributed by atoms with Gasteiger partial charge in [-0.05, 0) is 25.1 Å². The summed E-state index contributed by atoms with van der Waals surface area (Å²) in [5.74, 6) is 0.658. The van der Waals surface area contributed by atoms with Crippen LogP contribution in [0.15, 0.2) is 48.5 Å². The van der Waals surface area contributed by atoms with E-state index in [0.29, 0.717) is 5.56 Å². The highest BCUT2D eigenvalue weighted by Crippen LogP contribution is 2.25. The van der Waals surface area contributed by atoms with E-state index >= 15 is 0 Å². The van der Waals surface area contributed by atoms with Crippen molar-refractivity contribution < 1.29 is 9.53 Å². The van der Waals surface area contributed by atoms with Crippen molar-refractivity contribution in [2.24, 2.45) is 0 Å². The number of rotatable bonds is 5. The number of nitrogens with one attached hydrogen (secondary N) is 2. The van der Waals surface area contributed by atoms with Gasteiger partial charge in [0, 0.05) is 18.3 Å². The Bertz CT molecular complexity index is 626. The molecule has 0 unspecified atom stereocenters. The van der Waals surface area contributed by atoms with Gasteiger partial charge in [-0.25, -0.2) is 0 Å². The molecule has 0 aliphatic carbocycles. The van der Waals surface area contributed by atoms with E-state index in [4.69, 9.17) is 4.74 Å². The van der Waals surface area contributed by atoms with Gasteiger partial charge in [0.2, 0.25) is 0 Å². The Morgan fingerprint density at radius 2 is 1.76 bits per heavy atom. The van der Waals surface area contributed by atoms with Crippen LogP contribution >= 0.6 is 0 Å². The molecule has 110 valence electrons. The molecule has 0 spiro atoms. The molecule has 2 rings (SSSR count). The first kappa shape index (κ1) is 14.9. The summed E-state index contributed by atoms with van der Waals surface area (Å²) in [6, 6.07) is 15.0. The number of carbonyl (C=O) groups excluding carboxylic acids is 1. The number of carbonyl (C=O) groups is 1. The van der Waals surface area contributed by atoms with Crippen LogP contribution in [0.3, 0.4) is 0 Å². The second-order valence-corrected chi connectivity index (χ2v) is 4.73.